The first-order chi connectivity index (χ1) is 15.7. The fourth-order valence-corrected chi connectivity index (χ4v) is 3.12. The average molecular weight is 547 g/mol. The molecule has 1 unspecified atom stereocenters. The highest BCUT2D eigenvalue weighted by Gasteiger charge is 2.65. The van der Waals surface area contributed by atoms with Gasteiger partial charge in [-0.2, -0.15) is 13.2 Å². The van der Waals surface area contributed by atoms with Gasteiger partial charge in [0.25, 0.3) is 5.09 Å². The molecule has 1 heterocycles. The lowest BCUT2D eigenvalue weighted by Crippen LogP contribution is -2.41. The maximum absolute atomic E-state index is 13.3. The van der Waals surface area contributed by atoms with E-state index < -0.39 is 81.0 Å². The Morgan fingerprint density at radius 3 is 2.31 bits per heavy atom. The molecule has 1 aliphatic rings. The van der Waals surface area contributed by atoms with Crippen molar-refractivity contribution >= 4 is 28.4 Å². The third-order valence-corrected chi connectivity index (χ3v) is 5.01. The van der Waals surface area contributed by atoms with Gasteiger partial charge in [0.1, 0.15) is 23.4 Å². The van der Waals surface area contributed by atoms with Crippen molar-refractivity contribution in [2.45, 2.75) is 30.2 Å². The molecule has 0 saturated carbocycles. The standard InChI is InChI=1S/C16H13F8NO9S/c1-8(34-25(28)29)6-30-15(27)32-7-31-14(26)11-5-9-4-10(35(20,21,22,23)24)2-3-12(9)33-13(11)16(17,18)19/h2-5,8,13H,6-7H2,1H3/t8-,13?/m0/s1. The maximum atomic E-state index is 13.3. The van der Waals surface area contributed by atoms with Crippen LogP contribution >= 0.6 is 10.2 Å². The minimum atomic E-state index is -10.2. The normalized spacial score (nSPS) is 18.4. The lowest BCUT2D eigenvalue weighted by Gasteiger charge is -2.41. The average Bonchev–Trinajstić information content (AvgIpc) is 2.67. The number of hydrogen-bond donors (Lipinski definition) is 0. The van der Waals surface area contributed by atoms with Gasteiger partial charge in [-0.25, -0.2) is 9.59 Å². The van der Waals surface area contributed by atoms with Gasteiger partial charge >= 0.3 is 28.5 Å². The van der Waals surface area contributed by atoms with Gasteiger partial charge in [-0.1, -0.05) is 19.4 Å². The molecule has 0 spiro atoms. The Balaban J connectivity index is 2.16. The number of carbonyl (C=O) groups excluding carboxylic acids is 2. The summed E-state index contributed by atoms with van der Waals surface area (Å²) in [7, 11) is -10.2. The predicted molar refractivity (Wildman–Crippen MR) is 97.2 cm³/mol. The van der Waals surface area contributed by atoms with Gasteiger partial charge in [0.15, 0.2) is 0 Å². The molecule has 0 aliphatic carbocycles. The van der Waals surface area contributed by atoms with Gasteiger partial charge in [0.2, 0.25) is 12.9 Å². The number of fused-ring (bicyclic) bond motifs is 1. The summed E-state index contributed by atoms with van der Waals surface area (Å²) >= 11 is 0. The van der Waals surface area contributed by atoms with E-state index in [9.17, 15) is 52.3 Å². The zero-order valence-electron chi connectivity index (χ0n) is 16.9. The van der Waals surface area contributed by atoms with Gasteiger partial charge in [-0.15, -0.1) is 10.1 Å². The first kappa shape index (κ1) is 27.7. The van der Waals surface area contributed by atoms with Crippen LogP contribution in [0.15, 0.2) is 28.7 Å². The highest BCUT2D eigenvalue weighted by atomic mass is 32.5. The van der Waals surface area contributed by atoms with Crippen LogP contribution in [-0.2, 0) is 23.8 Å². The van der Waals surface area contributed by atoms with Crippen LogP contribution < -0.4 is 4.74 Å². The molecule has 0 N–H and O–H groups in total. The first-order valence-electron chi connectivity index (χ1n) is 8.78. The van der Waals surface area contributed by atoms with E-state index in [-0.39, 0.29) is 24.3 Å². The smallest absolute Gasteiger partial charge is 0.475 e. The Morgan fingerprint density at radius 2 is 1.77 bits per heavy atom. The molecule has 1 aliphatic heterocycles. The largest absolute Gasteiger partial charge is 0.511 e. The molecule has 2 atom stereocenters. The van der Waals surface area contributed by atoms with E-state index >= 15 is 0 Å². The minimum absolute atomic E-state index is 0.165. The molecule has 2 rings (SSSR count). The Labute approximate surface area is 189 Å². The zero-order chi connectivity index (χ0) is 26.9. The molecule has 1 aromatic carbocycles. The monoisotopic (exact) mass is 547 g/mol. The molecule has 198 valence electrons. The molecular weight excluding hydrogens is 534 g/mol. The van der Waals surface area contributed by atoms with E-state index in [1.165, 1.54) is 0 Å². The van der Waals surface area contributed by atoms with Crippen molar-refractivity contribution in [3.05, 3.63) is 39.4 Å². The second-order valence-electron chi connectivity index (χ2n) is 6.70. The molecular formula is C16H13F8NO9S. The number of hydrogen-bond acceptors (Lipinski definition) is 9. The molecule has 10 nitrogen and oxygen atoms in total. The van der Waals surface area contributed by atoms with E-state index in [2.05, 4.69) is 23.8 Å². The minimum Gasteiger partial charge on any atom is -0.475 e. The highest BCUT2D eigenvalue weighted by molar-refractivity contribution is 8.45. The first-order valence-corrected chi connectivity index (χ1v) is 10.7. The quantitative estimate of drug-likeness (QED) is 0.140. The molecule has 35 heavy (non-hydrogen) atoms. The number of alkyl halides is 3. The number of ether oxygens (including phenoxy) is 4. The molecule has 0 radical (unpaired) electrons. The summed E-state index contributed by atoms with van der Waals surface area (Å²) in [6, 6.07) is -0.122. The van der Waals surface area contributed by atoms with Crippen LogP contribution in [0, 0.1) is 10.1 Å². The van der Waals surface area contributed by atoms with E-state index in [4.69, 9.17) is 0 Å². The number of benzene rings is 1. The van der Waals surface area contributed by atoms with Crippen LogP contribution in [0.3, 0.4) is 0 Å². The summed E-state index contributed by atoms with van der Waals surface area (Å²) < 4.78 is 122. The molecule has 0 bridgehead atoms. The number of esters is 1. The van der Waals surface area contributed by atoms with Crippen LogP contribution in [-0.4, -0.2) is 49.0 Å². The van der Waals surface area contributed by atoms with Crippen molar-refractivity contribution in [2.24, 2.45) is 0 Å². The van der Waals surface area contributed by atoms with Crippen molar-refractivity contribution in [2.75, 3.05) is 13.4 Å². The van der Waals surface area contributed by atoms with E-state index in [1.807, 2.05) is 0 Å². The van der Waals surface area contributed by atoms with E-state index in [0.717, 1.165) is 6.92 Å². The summed E-state index contributed by atoms with van der Waals surface area (Å²) in [5.41, 5.74) is -2.36. The molecule has 0 aromatic heterocycles. The Kier molecular flexibility index (Phi) is 6.82. The van der Waals surface area contributed by atoms with Crippen LogP contribution in [0.4, 0.5) is 37.4 Å². The van der Waals surface area contributed by atoms with Gasteiger partial charge in [-0.05, 0) is 31.2 Å². The van der Waals surface area contributed by atoms with Gasteiger partial charge in [0.05, 0.1) is 5.57 Å². The van der Waals surface area contributed by atoms with E-state index in [1.54, 1.807) is 0 Å². The Bertz CT molecular complexity index is 1060. The van der Waals surface area contributed by atoms with Crippen LogP contribution in [0.1, 0.15) is 12.5 Å². The Hall–Kier alpha value is -3.51. The molecule has 0 amide bonds. The van der Waals surface area contributed by atoms with Gasteiger partial charge < -0.3 is 23.8 Å². The van der Waals surface area contributed by atoms with Crippen LogP contribution in [0.5, 0.6) is 5.75 Å². The van der Waals surface area contributed by atoms with Gasteiger partial charge in [0, 0.05) is 5.56 Å². The zero-order valence-corrected chi connectivity index (χ0v) is 17.7. The molecule has 19 heteroatoms. The maximum Gasteiger partial charge on any atom is 0.511 e. The van der Waals surface area contributed by atoms with Crippen molar-refractivity contribution < 1.29 is 71.1 Å². The fraction of sp³-hybridized carbons (Fsp3) is 0.375. The summed E-state index contributed by atoms with van der Waals surface area (Å²) in [6.45, 7) is -0.931. The third-order valence-electron chi connectivity index (χ3n) is 3.87. The predicted octanol–water partition coefficient (Wildman–Crippen LogP) is 5.30. The lowest BCUT2D eigenvalue weighted by atomic mass is 10.0. The summed E-state index contributed by atoms with van der Waals surface area (Å²) in [6.07, 6.45) is -11.0. The third kappa shape index (κ3) is 7.76. The number of nitrogens with zero attached hydrogens (tertiary/aromatic N) is 1. The molecule has 0 fully saturated rings. The van der Waals surface area contributed by atoms with Crippen molar-refractivity contribution in [3.8, 4) is 5.75 Å². The molecule has 1 aromatic rings. The van der Waals surface area contributed by atoms with Crippen molar-refractivity contribution in [3.63, 3.8) is 0 Å². The SMILES string of the molecule is C[C@@H](COC(=O)OCOC(=O)C1=Cc2cc(S(F)(F)(F)(F)F)ccc2OC1C(F)(F)F)O[N+](=O)[O-]. The van der Waals surface area contributed by atoms with Crippen LogP contribution in [0.25, 0.3) is 6.08 Å². The summed E-state index contributed by atoms with van der Waals surface area (Å²) in [5.74, 6) is -2.76. The second-order valence-corrected chi connectivity index (χ2v) is 9.11. The fourth-order valence-electron chi connectivity index (χ4n) is 2.45. The summed E-state index contributed by atoms with van der Waals surface area (Å²) in [4.78, 5) is 35.0. The Morgan fingerprint density at radius 1 is 1.14 bits per heavy atom. The second kappa shape index (κ2) is 8.61. The topological polar surface area (TPSA) is 123 Å². The number of halogens is 8. The summed E-state index contributed by atoms with van der Waals surface area (Å²) in [5, 5.41) is 8.91. The van der Waals surface area contributed by atoms with Crippen molar-refractivity contribution in [1.82, 2.24) is 0 Å². The van der Waals surface area contributed by atoms with Crippen molar-refractivity contribution in [1.29, 1.82) is 0 Å². The van der Waals surface area contributed by atoms with Crippen LogP contribution in [0.2, 0.25) is 0 Å². The number of rotatable bonds is 8. The number of carbonyl (C=O) groups is 2. The van der Waals surface area contributed by atoms with Gasteiger partial charge in [-0.3, -0.25) is 0 Å². The lowest BCUT2D eigenvalue weighted by molar-refractivity contribution is -0.767. The highest BCUT2D eigenvalue weighted by Crippen LogP contribution is 3.02. The van der Waals surface area contributed by atoms with E-state index in [0.29, 0.717) is 0 Å². The molecule has 0 saturated heterocycles.